The van der Waals surface area contributed by atoms with Gasteiger partial charge in [-0.3, -0.25) is 14.6 Å². The molecule has 1 saturated heterocycles. The fourth-order valence-electron chi connectivity index (χ4n) is 4.28. The molecule has 0 spiro atoms. The lowest BCUT2D eigenvalue weighted by atomic mass is 9.82. The number of hydrogen-bond donors (Lipinski definition) is 1. The number of amides is 2. The monoisotopic (exact) mass is 358 g/mol. The number of piperidine rings is 1. The van der Waals surface area contributed by atoms with Gasteiger partial charge in [0.15, 0.2) is 6.39 Å². The van der Waals surface area contributed by atoms with Crippen molar-refractivity contribution in [1.29, 1.82) is 0 Å². The van der Waals surface area contributed by atoms with Gasteiger partial charge in [-0.05, 0) is 38.2 Å². The number of fused-ring (bicyclic) bond motifs is 1. The average molecular weight is 358 g/mol. The van der Waals surface area contributed by atoms with Gasteiger partial charge in [0.05, 0.1) is 29.5 Å². The maximum absolute atomic E-state index is 13.5. The zero-order valence-electron chi connectivity index (χ0n) is 14.2. The smallest absolute Gasteiger partial charge is 0.289 e. The molecule has 26 heavy (non-hydrogen) atoms. The van der Waals surface area contributed by atoms with Gasteiger partial charge in [0.2, 0.25) is 5.76 Å². The van der Waals surface area contributed by atoms with Crippen molar-refractivity contribution in [3.05, 3.63) is 48.2 Å². The molecular formula is C18H19FN4O3. The topological polar surface area (TPSA) is 88.3 Å². The molecule has 1 aliphatic heterocycles. The largest absolute Gasteiger partial charge is 0.438 e. The molecule has 4 rings (SSSR count). The minimum absolute atomic E-state index is 0.126. The molecule has 3 heterocycles. The molecule has 2 aromatic rings. The number of carbonyl (C=O) groups is 2. The Kier molecular flexibility index (Phi) is 4.18. The predicted molar refractivity (Wildman–Crippen MR) is 88.8 cm³/mol. The zero-order valence-corrected chi connectivity index (χ0v) is 14.2. The number of halogens is 1. The van der Waals surface area contributed by atoms with Crippen LogP contribution in [0, 0.1) is 5.82 Å². The molecule has 2 unspecified atom stereocenters. The second-order valence-corrected chi connectivity index (χ2v) is 6.88. The number of hydrogen-bond acceptors (Lipinski definition) is 5. The Morgan fingerprint density at radius 2 is 2.08 bits per heavy atom. The van der Waals surface area contributed by atoms with E-state index in [2.05, 4.69) is 15.3 Å². The van der Waals surface area contributed by atoms with Gasteiger partial charge in [-0.15, -0.1) is 0 Å². The second-order valence-electron chi connectivity index (χ2n) is 6.88. The summed E-state index contributed by atoms with van der Waals surface area (Å²) in [6, 6.07) is 1.08. The van der Waals surface area contributed by atoms with E-state index in [9.17, 15) is 14.0 Å². The Morgan fingerprint density at radius 1 is 1.23 bits per heavy atom. The predicted octanol–water partition coefficient (Wildman–Crippen LogP) is 2.17. The maximum atomic E-state index is 13.5. The molecule has 1 saturated carbocycles. The summed E-state index contributed by atoms with van der Waals surface area (Å²) in [4.78, 5) is 34.7. The van der Waals surface area contributed by atoms with Gasteiger partial charge in [0.1, 0.15) is 5.82 Å². The Bertz CT molecular complexity index is 826. The highest BCUT2D eigenvalue weighted by Crippen LogP contribution is 2.41. The molecule has 0 aromatic carbocycles. The van der Waals surface area contributed by atoms with Crippen molar-refractivity contribution in [1.82, 2.24) is 20.2 Å². The summed E-state index contributed by atoms with van der Waals surface area (Å²) in [5, 5.41) is 3.09. The summed E-state index contributed by atoms with van der Waals surface area (Å²) in [5.74, 6) is -0.954. The number of likely N-dealkylation sites (tertiary alicyclic amines) is 1. The van der Waals surface area contributed by atoms with Crippen LogP contribution in [0.25, 0.3) is 0 Å². The fourth-order valence-corrected chi connectivity index (χ4v) is 4.28. The molecule has 1 N–H and O–H groups in total. The molecule has 2 atom stereocenters. The number of oxazole rings is 1. The summed E-state index contributed by atoms with van der Waals surface area (Å²) in [6.07, 6.45) is 9.10. The summed E-state index contributed by atoms with van der Waals surface area (Å²) in [7, 11) is 0. The lowest BCUT2D eigenvalue weighted by Crippen LogP contribution is -2.63. The zero-order chi connectivity index (χ0) is 18.1. The van der Waals surface area contributed by atoms with E-state index in [4.69, 9.17) is 4.42 Å². The van der Waals surface area contributed by atoms with Crippen molar-refractivity contribution >= 4 is 11.8 Å². The SMILES string of the molecule is O=C(NC12CCCC1N(C(=O)c1cncc(F)c1)CCC2)c1cnco1. The third-order valence-corrected chi connectivity index (χ3v) is 5.37. The van der Waals surface area contributed by atoms with E-state index in [-0.39, 0.29) is 29.2 Å². The van der Waals surface area contributed by atoms with Crippen LogP contribution in [-0.2, 0) is 0 Å². The van der Waals surface area contributed by atoms with Crippen LogP contribution in [0.4, 0.5) is 4.39 Å². The second kappa shape index (κ2) is 6.51. The van der Waals surface area contributed by atoms with E-state index >= 15 is 0 Å². The summed E-state index contributed by atoms with van der Waals surface area (Å²) >= 11 is 0. The third-order valence-electron chi connectivity index (χ3n) is 5.37. The summed E-state index contributed by atoms with van der Waals surface area (Å²) in [5.41, 5.74) is -0.257. The Hall–Kier alpha value is -2.77. The molecular weight excluding hydrogens is 339 g/mol. The molecule has 2 amide bonds. The van der Waals surface area contributed by atoms with Crippen LogP contribution < -0.4 is 5.32 Å². The van der Waals surface area contributed by atoms with Crippen molar-refractivity contribution in [3.8, 4) is 0 Å². The Labute approximate surface area is 149 Å². The van der Waals surface area contributed by atoms with E-state index in [0.29, 0.717) is 6.54 Å². The van der Waals surface area contributed by atoms with E-state index < -0.39 is 11.4 Å². The number of nitrogens with zero attached hydrogens (tertiary/aromatic N) is 3. The highest BCUT2D eigenvalue weighted by Gasteiger charge is 2.50. The van der Waals surface area contributed by atoms with Gasteiger partial charge in [-0.2, -0.15) is 0 Å². The van der Waals surface area contributed by atoms with Crippen LogP contribution in [0.1, 0.15) is 53.0 Å². The third kappa shape index (κ3) is 2.85. The highest BCUT2D eigenvalue weighted by molar-refractivity contribution is 5.95. The molecule has 2 aromatic heterocycles. The summed E-state index contributed by atoms with van der Waals surface area (Å²) in [6.45, 7) is 0.583. The van der Waals surface area contributed by atoms with Crippen molar-refractivity contribution in [2.45, 2.75) is 43.7 Å². The molecule has 8 heteroatoms. The molecule has 1 aliphatic carbocycles. The Morgan fingerprint density at radius 3 is 2.85 bits per heavy atom. The molecule has 0 bridgehead atoms. The van der Waals surface area contributed by atoms with Crippen LogP contribution in [-0.4, -0.2) is 44.8 Å². The number of nitrogens with one attached hydrogen (secondary N) is 1. The van der Waals surface area contributed by atoms with Crippen molar-refractivity contribution < 1.29 is 18.4 Å². The lowest BCUT2D eigenvalue weighted by Gasteiger charge is -2.46. The van der Waals surface area contributed by atoms with Gasteiger partial charge in [-0.1, -0.05) is 0 Å². The fraction of sp³-hybridized carbons (Fsp3) is 0.444. The summed E-state index contributed by atoms with van der Waals surface area (Å²) < 4.78 is 18.5. The number of carbonyl (C=O) groups excluding carboxylic acids is 2. The first-order valence-electron chi connectivity index (χ1n) is 8.72. The number of rotatable bonds is 3. The first-order valence-corrected chi connectivity index (χ1v) is 8.72. The van der Waals surface area contributed by atoms with Crippen LogP contribution in [0.3, 0.4) is 0 Å². The average Bonchev–Trinajstić information content (AvgIpc) is 3.30. The standard InChI is InChI=1S/C18H19FN4O3/c19-13-7-12(8-20-9-13)17(25)23-6-2-5-18(4-1-3-15(18)23)22-16(24)14-10-21-11-26-14/h7-11,15H,1-6H2,(H,22,24). The van der Waals surface area contributed by atoms with Crippen LogP contribution in [0.5, 0.6) is 0 Å². The van der Waals surface area contributed by atoms with Gasteiger partial charge in [-0.25, -0.2) is 9.37 Å². The van der Waals surface area contributed by atoms with E-state index in [1.165, 1.54) is 24.9 Å². The lowest BCUT2D eigenvalue weighted by molar-refractivity contribution is 0.0393. The quantitative estimate of drug-likeness (QED) is 0.908. The molecule has 2 fully saturated rings. The highest BCUT2D eigenvalue weighted by atomic mass is 19.1. The van der Waals surface area contributed by atoms with Crippen LogP contribution in [0.2, 0.25) is 0 Å². The molecule has 136 valence electrons. The van der Waals surface area contributed by atoms with E-state index in [1.54, 1.807) is 4.90 Å². The molecule has 7 nitrogen and oxygen atoms in total. The molecule has 0 radical (unpaired) electrons. The normalized spacial score (nSPS) is 25.0. The van der Waals surface area contributed by atoms with Crippen molar-refractivity contribution in [2.75, 3.05) is 6.54 Å². The van der Waals surface area contributed by atoms with Gasteiger partial charge in [0.25, 0.3) is 11.8 Å². The minimum Gasteiger partial charge on any atom is -0.438 e. The first-order chi connectivity index (χ1) is 12.6. The maximum Gasteiger partial charge on any atom is 0.289 e. The van der Waals surface area contributed by atoms with Gasteiger partial charge < -0.3 is 14.6 Å². The van der Waals surface area contributed by atoms with Crippen LogP contribution >= 0.6 is 0 Å². The van der Waals surface area contributed by atoms with Crippen molar-refractivity contribution in [3.63, 3.8) is 0 Å². The minimum atomic E-state index is -0.538. The van der Waals surface area contributed by atoms with Gasteiger partial charge in [0, 0.05) is 12.7 Å². The van der Waals surface area contributed by atoms with Crippen molar-refractivity contribution in [2.24, 2.45) is 0 Å². The first kappa shape index (κ1) is 16.7. The Balaban J connectivity index is 1.59. The van der Waals surface area contributed by atoms with Crippen LogP contribution in [0.15, 0.2) is 35.5 Å². The number of aromatic nitrogens is 2. The van der Waals surface area contributed by atoms with E-state index in [0.717, 1.165) is 38.3 Å². The van der Waals surface area contributed by atoms with Gasteiger partial charge >= 0.3 is 0 Å². The van der Waals surface area contributed by atoms with E-state index in [1.807, 2.05) is 0 Å². The molecule has 2 aliphatic rings. The number of pyridine rings is 1.